The summed E-state index contributed by atoms with van der Waals surface area (Å²) in [7, 11) is 0. The monoisotopic (exact) mass is 292 g/mol. The topological polar surface area (TPSA) is 24.4 Å². The van der Waals surface area contributed by atoms with Crippen molar-refractivity contribution in [3.05, 3.63) is 29.3 Å². The van der Waals surface area contributed by atoms with Crippen LogP contribution in [0.2, 0.25) is 0 Å². The number of aliphatic imine (C=N–C) groups is 1. The number of anilines is 1. The van der Waals surface area contributed by atoms with E-state index < -0.39 is 29.0 Å². The molecular weight excluding hydrogens is 280 g/mol. The van der Waals surface area contributed by atoms with Gasteiger partial charge >= 0.3 is 0 Å². The summed E-state index contributed by atoms with van der Waals surface area (Å²) in [4.78, 5) is 4.19. The molecule has 0 bridgehead atoms. The van der Waals surface area contributed by atoms with E-state index in [0.717, 1.165) is 0 Å². The molecule has 0 radical (unpaired) electrons. The molecular formula is C12H12F4N2S. The first kappa shape index (κ1) is 14.2. The third-order valence-electron chi connectivity index (χ3n) is 2.97. The second-order valence-electron chi connectivity index (χ2n) is 4.43. The molecule has 0 spiro atoms. The predicted molar refractivity (Wildman–Crippen MR) is 68.4 cm³/mol. The minimum atomic E-state index is -1.45. The van der Waals surface area contributed by atoms with E-state index in [4.69, 9.17) is 0 Å². The standard InChI is InChI=1S/C12H12F4N2S/c1-5-4-19-12(17-6(5)2)18-11-9(15)7(13)3-8(14)10(11)16/h3,5-6H,4H2,1-2H3,(H,17,18). The maximum absolute atomic E-state index is 13.5. The van der Waals surface area contributed by atoms with Gasteiger partial charge in [0.25, 0.3) is 0 Å². The maximum atomic E-state index is 13.5. The van der Waals surface area contributed by atoms with Gasteiger partial charge in [0.05, 0.1) is 6.04 Å². The smallest absolute Gasteiger partial charge is 0.185 e. The Morgan fingerprint density at radius 3 is 2.26 bits per heavy atom. The van der Waals surface area contributed by atoms with Crippen molar-refractivity contribution in [2.24, 2.45) is 10.9 Å². The molecule has 1 heterocycles. The van der Waals surface area contributed by atoms with Gasteiger partial charge in [-0.05, 0) is 12.8 Å². The molecule has 1 aliphatic rings. The molecule has 2 nitrogen and oxygen atoms in total. The molecule has 7 heteroatoms. The highest BCUT2D eigenvalue weighted by molar-refractivity contribution is 8.14. The lowest BCUT2D eigenvalue weighted by atomic mass is 10.1. The summed E-state index contributed by atoms with van der Waals surface area (Å²) in [5, 5.41) is 2.59. The lowest BCUT2D eigenvalue weighted by molar-refractivity contribution is 0.459. The van der Waals surface area contributed by atoms with Crippen LogP contribution >= 0.6 is 11.8 Å². The molecule has 0 amide bonds. The lowest BCUT2D eigenvalue weighted by Gasteiger charge is -2.24. The summed E-state index contributed by atoms with van der Waals surface area (Å²) in [5.41, 5.74) is -0.842. The summed E-state index contributed by atoms with van der Waals surface area (Å²) in [6.07, 6.45) is 0. The first-order chi connectivity index (χ1) is 8.90. The van der Waals surface area contributed by atoms with E-state index in [1.807, 2.05) is 13.8 Å². The summed E-state index contributed by atoms with van der Waals surface area (Å²) in [6, 6.07) is 0.157. The first-order valence-corrected chi connectivity index (χ1v) is 6.69. The number of hydrogen-bond donors (Lipinski definition) is 1. The van der Waals surface area contributed by atoms with Gasteiger partial charge in [0.15, 0.2) is 28.4 Å². The van der Waals surface area contributed by atoms with Gasteiger partial charge in [-0.15, -0.1) is 0 Å². The van der Waals surface area contributed by atoms with E-state index >= 15 is 0 Å². The van der Waals surface area contributed by atoms with Crippen LogP contribution in [0.3, 0.4) is 0 Å². The second-order valence-corrected chi connectivity index (χ2v) is 5.44. The van der Waals surface area contributed by atoms with E-state index in [9.17, 15) is 17.6 Å². The highest BCUT2D eigenvalue weighted by atomic mass is 32.2. The Balaban J connectivity index is 2.32. The highest BCUT2D eigenvalue weighted by Gasteiger charge is 2.24. The van der Waals surface area contributed by atoms with Crippen molar-refractivity contribution in [1.29, 1.82) is 0 Å². The summed E-state index contributed by atoms with van der Waals surface area (Å²) in [5.74, 6) is -4.74. The van der Waals surface area contributed by atoms with Crippen molar-refractivity contribution >= 4 is 22.6 Å². The van der Waals surface area contributed by atoms with E-state index in [1.165, 1.54) is 11.8 Å². The summed E-state index contributed by atoms with van der Waals surface area (Å²) < 4.78 is 53.0. The molecule has 1 aromatic rings. The van der Waals surface area contributed by atoms with E-state index in [0.29, 0.717) is 11.7 Å². The molecule has 1 N–H and O–H groups in total. The van der Waals surface area contributed by atoms with Crippen molar-refractivity contribution in [2.75, 3.05) is 11.1 Å². The van der Waals surface area contributed by atoms with E-state index in [-0.39, 0.29) is 17.3 Å². The zero-order valence-electron chi connectivity index (χ0n) is 10.3. The molecule has 0 fully saturated rings. The maximum Gasteiger partial charge on any atom is 0.185 e. The van der Waals surface area contributed by atoms with Gasteiger partial charge < -0.3 is 5.32 Å². The van der Waals surface area contributed by atoms with Crippen molar-refractivity contribution in [3.63, 3.8) is 0 Å². The zero-order valence-corrected chi connectivity index (χ0v) is 11.1. The normalized spacial score (nSPS) is 23.2. The fourth-order valence-electron chi connectivity index (χ4n) is 1.56. The average Bonchev–Trinajstić information content (AvgIpc) is 2.36. The average molecular weight is 292 g/mol. The number of halogens is 4. The van der Waals surface area contributed by atoms with Crippen molar-refractivity contribution in [3.8, 4) is 0 Å². The number of benzene rings is 1. The Kier molecular flexibility index (Phi) is 4.03. The molecule has 0 saturated heterocycles. The van der Waals surface area contributed by atoms with Crippen molar-refractivity contribution < 1.29 is 17.6 Å². The molecule has 2 atom stereocenters. The van der Waals surface area contributed by atoms with E-state index in [1.54, 1.807) is 0 Å². The van der Waals surface area contributed by atoms with Crippen LogP contribution in [-0.4, -0.2) is 17.0 Å². The van der Waals surface area contributed by atoms with Gasteiger partial charge in [0.1, 0.15) is 5.69 Å². The minimum absolute atomic E-state index is 0.0201. The first-order valence-electron chi connectivity index (χ1n) is 5.70. The number of thioether (sulfide) groups is 1. The Morgan fingerprint density at radius 2 is 1.74 bits per heavy atom. The fourth-order valence-corrected chi connectivity index (χ4v) is 2.67. The second kappa shape index (κ2) is 5.40. The SMILES string of the molecule is CC1CSC(Nc2c(F)c(F)cc(F)c2F)=NC1C. The highest BCUT2D eigenvalue weighted by Crippen LogP contribution is 2.28. The molecule has 1 aromatic carbocycles. The number of amidine groups is 1. The lowest BCUT2D eigenvalue weighted by Crippen LogP contribution is -2.26. The molecule has 2 unspecified atom stereocenters. The summed E-state index contributed by atoms with van der Waals surface area (Å²) in [6.45, 7) is 3.87. The van der Waals surface area contributed by atoms with Gasteiger partial charge in [-0.3, -0.25) is 4.99 Å². The zero-order chi connectivity index (χ0) is 14.2. The minimum Gasteiger partial charge on any atom is -0.330 e. The summed E-state index contributed by atoms with van der Waals surface area (Å²) >= 11 is 1.26. The van der Waals surface area contributed by atoms with Gasteiger partial charge in [-0.1, -0.05) is 18.7 Å². The Labute approximate surface area is 112 Å². The third-order valence-corrected chi connectivity index (χ3v) is 4.14. The molecule has 104 valence electrons. The third kappa shape index (κ3) is 2.86. The van der Waals surface area contributed by atoms with Crippen LogP contribution in [0.1, 0.15) is 13.8 Å². The predicted octanol–water partition coefficient (Wildman–Crippen LogP) is 3.78. The van der Waals surface area contributed by atoms with Gasteiger partial charge in [-0.25, -0.2) is 17.6 Å². The molecule has 0 saturated carbocycles. The Bertz CT molecular complexity index is 507. The number of hydrogen-bond acceptors (Lipinski definition) is 3. The van der Waals surface area contributed by atoms with Crippen LogP contribution in [0.4, 0.5) is 23.2 Å². The largest absolute Gasteiger partial charge is 0.330 e. The molecule has 1 aliphatic heterocycles. The Morgan fingerprint density at radius 1 is 1.16 bits per heavy atom. The van der Waals surface area contributed by atoms with Crippen LogP contribution in [0.15, 0.2) is 11.1 Å². The van der Waals surface area contributed by atoms with E-state index in [2.05, 4.69) is 10.3 Å². The van der Waals surface area contributed by atoms with Gasteiger partial charge in [-0.2, -0.15) is 0 Å². The molecule has 0 aliphatic carbocycles. The number of rotatable bonds is 1. The molecule has 2 rings (SSSR count). The van der Waals surface area contributed by atoms with Crippen LogP contribution in [0, 0.1) is 29.2 Å². The van der Waals surface area contributed by atoms with Crippen LogP contribution in [0.25, 0.3) is 0 Å². The Hall–Kier alpha value is -1.24. The number of nitrogens with zero attached hydrogens (tertiary/aromatic N) is 1. The van der Waals surface area contributed by atoms with Gasteiger partial charge in [0, 0.05) is 11.8 Å². The van der Waals surface area contributed by atoms with Crippen LogP contribution in [0.5, 0.6) is 0 Å². The molecule has 0 aromatic heterocycles. The fraction of sp³-hybridized carbons (Fsp3) is 0.417. The van der Waals surface area contributed by atoms with Crippen molar-refractivity contribution in [1.82, 2.24) is 0 Å². The number of nitrogens with one attached hydrogen (secondary N) is 1. The molecule has 19 heavy (non-hydrogen) atoms. The van der Waals surface area contributed by atoms with Crippen molar-refractivity contribution in [2.45, 2.75) is 19.9 Å². The van der Waals surface area contributed by atoms with Crippen LogP contribution in [-0.2, 0) is 0 Å². The van der Waals surface area contributed by atoms with Crippen LogP contribution < -0.4 is 5.32 Å². The quantitative estimate of drug-likeness (QED) is 0.629. The van der Waals surface area contributed by atoms with Gasteiger partial charge in [0.2, 0.25) is 0 Å².